The molecule has 3 rings (SSSR count). The third-order valence-electron chi connectivity index (χ3n) is 4.27. The number of halogens is 4. The molecule has 0 unspecified atom stereocenters. The number of likely N-dealkylation sites (tertiary alicyclic amines) is 1. The number of hydrogen-bond donors (Lipinski definition) is 1. The molecular weight excluding hydrogens is 381 g/mol. The lowest BCUT2D eigenvalue weighted by molar-refractivity contribution is -0.274. The number of anilines is 1. The van der Waals surface area contributed by atoms with Crippen LogP contribution in [0.4, 0.5) is 23.7 Å². The van der Waals surface area contributed by atoms with E-state index in [4.69, 9.17) is 11.6 Å². The van der Waals surface area contributed by atoms with Gasteiger partial charge in [-0.05, 0) is 37.5 Å². The molecule has 1 heterocycles. The highest BCUT2D eigenvalue weighted by atomic mass is 35.5. The molecule has 2 aromatic carbocycles. The van der Waals surface area contributed by atoms with Crippen molar-refractivity contribution in [3.05, 3.63) is 47.5 Å². The molecule has 0 saturated carbocycles. The van der Waals surface area contributed by atoms with E-state index in [-0.39, 0.29) is 22.4 Å². The summed E-state index contributed by atoms with van der Waals surface area (Å²) in [4.78, 5) is 14.0. The minimum atomic E-state index is -4.80. The van der Waals surface area contributed by atoms with Crippen LogP contribution in [0.3, 0.4) is 0 Å². The summed E-state index contributed by atoms with van der Waals surface area (Å²) in [6, 6.07) is 10.2. The largest absolute Gasteiger partial charge is 0.573 e. The van der Waals surface area contributed by atoms with Gasteiger partial charge in [0.2, 0.25) is 0 Å². The number of para-hydroxylation sites is 1. The van der Waals surface area contributed by atoms with Crippen molar-refractivity contribution in [2.75, 3.05) is 18.4 Å². The Balaban J connectivity index is 1.80. The van der Waals surface area contributed by atoms with Gasteiger partial charge in [0.1, 0.15) is 5.75 Å². The first-order valence-corrected chi connectivity index (χ1v) is 8.92. The molecule has 0 bridgehead atoms. The fourth-order valence-electron chi connectivity index (χ4n) is 3.01. The molecule has 0 spiro atoms. The molecule has 2 amide bonds. The Hall–Kier alpha value is -2.41. The van der Waals surface area contributed by atoms with Crippen molar-refractivity contribution in [2.24, 2.45) is 0 Å². The number of rotatable bonds is 3. The zero-order chi connectivity index (χ0) is 19.4. The van der Waals surface area contributed by atoms with E-state index < -0.39 is 6.36 Å². The van der Waals surface area contributed by atoms with Crippen molar-refractivity contribution in [2.45, 2.75) is 25.6 Å². The summed E-state index contributed by atoms with van der Waals surface area (Å²) in [5.74, 6) is -0.336. The molecule has 27 heavy (non-hydrogen) atoms. The van der Waals surface area contributed by atoms with Crippen LogP contribution >= 0.6 is 11.6 Å². The highest BCUT2D eigenvalue weighted by Crippen LogP contribution is 2.38. The van der Waals surface area contributed by atoms with E-state index >= 15 is 0 Å². The predicted molar refractivity (Wildman–Crippen MR) is 98.0 cm³/mol. The van der Waals surface area contributed by atoms with Crippen LogP contribution in [0, 0.1) is 0 Å². The van der Waals surface area contributed by atoms with Gasteiger partial charge in [-0.2, -0.15) is 0 Å². The maximum atomic E-state index is 12.6. The number of nitrogens with one attached hydrogen (secondary N) is 1. The lowest BCUT2D eigenvalue weighted by Gasteiger charge is -2.26. The van der Waals surface area contributed by atoms with Crippen molar-refractivity contribution < 1.29 is 22.7 Å². The summed E-state index contributed by atoms with van der Waals surface area (Å²) in [6.45, 7) is 1.42. The van der Waals surface area contributed by atoms with Crippen LogP contribution in [0.5, 0.6) is 5.75 Å². The molecule has 0 atom stereocenters. The first-order chi connectivity index (χ1) is 12.8. The zero-order valence-electron chi connectivity index (χ0n) is 14.4. The van der Waals surface area contributed by atoms with Gasteiger partial charge < -0.3 is 15.0 Å². The van der Waals surface area contributed by atoms with Gasteiger partial charge in [-0.25, -0.2) is 4.79 Å². The van der Waals surface area contributed by atoms with Crippen LogP contribution in [0.15, 0.2) is 42.5 Å². The average molecular weight is 399 g/mol. The van der Waals surface area contributed by atoms with Crippen LogP contribution in [0.25, 0.3) is 11.1 Å². The third kappa shape index (κ3) is 5.07. The van der Waals surface area contributed by atoms with E-state index in [1.807, 2.05) is 0 Å². The SMILES string of the molecule is O=C(Nc1ccc(-c2ccccc2OC(F)(F)F)c(Cl)c1)N1CCCCC1. The van der Waals surface area contributed by atoms with Crippen LogP contribution in [-0.4, -0.2) is 30.4 Å². The van der Waals surface area contributed by atoms with Gasteiger partial charge in [-0.1, -0.05) is 35.9 Å². The normalized spacial score (nSPS) is 14.7. The van der Waals surface area contributed by atoms with E-state index in [2.05, 4.69) is 10.1 Å². The molecule has 8 heteroatoms. The first-order valence-electron chi connectivity index (χ1n) is 8.54. The molecule has 1 N–H and O–H groups in total. The summed E-state index contributed by atoms with van der Waals surface area (Å²) >= 11 is 6.27. The van der Waals surface area contributed by atoms with Crippen LogP contribution in [-0.2, 0) is 0 Å². The molecule has 1 aliphatic heterocycles. The Bertz CT molecular complexity index is 821. The Kier molecular flexibility index (Phi) is 5.79. The first kappa shape index (κ1) is 19.4. The Labute approximate surface area is 159 Å². The number of urea groups is 1. The Morgan fingerprint density at radius 3 is 2.41 bits per heavy atom. The van der Waals surface area contributed by atoms with Crippen LogP contribution in [0.2, 0.25) is 5.02 Å². The summed E-state index contributed by atoms with van der Waals surface area (Å²) < 4.78 is 41.9. The van der Waals surface area contributed by atoms with Gasteiger partial charge in [-0.15, -0.1) is 13.2 Å². The number of hydrogen-bond acceptors (Lipinski definition) is 2. The molecule has 4 nitrogen and oxygen atoms in total. The number of ether oxygens (including phenoxy) is 1. The molecule has 1 saturated heterocycles. The molecule has 0 aliphatic carbocycles. The second kappa shape index (κ2) is 8.08. The second-order valence-corrected chi connectivity index (χ2v) is 6.62. The molecule has 2 aromatic rings. The topological polar surface area (TPSA) is 41.6 Å². The van der Waals surface area contributed by atoms with Gasteiger partial charge in [0, 0.05) is 29.9 Å². The molecule has 0 aromatic heterocycles. The lowest BCUT2D eigenvalue weighted by Crippen LogP contribution is -2.38. The zero-order valence-corrected chi connectivity index (χ0v) is 15.1. The van der Waals surface area contributed by atoms with E-state index in [1.54, 1.807) is 23.1 Å². The molecule has 0 radical (unpaired) electrons. The Morgan fingerprint density at radius 1 is 1.04 bits per heavy atom. The van der Waals surface area contributed by atoms with E-state index in [0.717, 1.165) is 19.3 Å². The average Bonchev–Trinajstić information content (AvgIpc) is 2.62. The van der Waals surface area contributed by atoms with Crippen molar-refractivity contribution in [1.29, 1.82) is 0 Å². The third-order valence-corrected chi connectivity index (χ3v) is 4.58. The number of nitrogens with zero attached hydrogens (tertiary/aromatic N) is 1. The highest BCUT2D eigenvalue weighted by Gasteiger charge is 2.32. The van der Waals surface area contributed by atoms with Crippen LogP contribution in [0.1, 0.15) is 19.3 Å². The predicted octanol–water partition coefficient (Wildman–Crippen LogP) is 5.92. The quantitative estimate of drug-likeness (QED) is 0.696. The van der Waals surface area contributed by atoms with E-state index in [1.165, 1.54) is 24.3 Å². The monoisotopic (exact) mass is 398 g/mol. The maximum Gasteiger partial charge on any atom is 0.573 e. The lowest BCUT2D eigenvalue weighted by atomic mass is 10.0. The summed E-state index contributed by atoms with van der Waals surface area (Å²) in [5, 5.41) is 2.99. The smallest absolute Gasteiger partial charge is 0.405 e. The number of benzene rings is 2. The second-order valence-electron chi connectivity index (χ2n) is 6.22. The van der Waals surface area contributed by atoms with E-state index in [9.17, 15) is 18.0 Å². The number of amides is 2. The highest BCUT2D eigenvalue weighted by molar-refractivity contribution is 6.33. The molecule has 1 aliphatic rings. The van der Waals surface area contributed by atoms with Crippen LogP contribution < -0.4 is 10.1 Å². The minimum absolute atomic E-state index is 0.209. The summed E-state index contributed by atoms with van der Waals surface area (Å²) in [5.41, 5.74) is 1.08. The van der Waals surface area contributed by atoms with Crippen molar-refractivity contribution in [3.8, 4) is 16.9 Å². The number of alkyl halides is 3. The summed E-state index contributed by atoms with van der Waals surface area (Å²) in [7, 11) is 0. The number of carbonyl (C=O) groups is 1. The number of carbonyl (C=O) groups excluding carboxylic acids is 1. The van der Waals surface area contributed by atoms with E-state index in [0.29, 0.717) is 24.3 Å². The van der Waals surface area contributed by atoms with Crippen molar-refractivity contribution >= 4 is 23.3 Å². The standard InChI is InChI=1S/C19H18ClF3N2O2/c20-16-12-13(24-18(26)25-10-4-1-5-11-25)8-9-14(16)15-6-2-3-7-17(15)27-19(21,22)23/h2-3,6-9,12H,1,4-5,10-11H2,(H,24,26). The molecule has 144 valence electrons. The molecular formula is C19H18ClF3N2O2. The number of piperidine rings is 1. The van der Waals surface area contributed by atoms with Gasteiger partial charge in [0.15, 0.2) is 0 Å². The van der Waals surface area contributed by atoms with Crippen molar-refractivity contribution in [3.63, 3.8) is 0 Å². The van der Waals surface area contributed by atoms with Gasteiger partial charge in [0.05, 0.1) is 5.02 Å². The summed E-state index contributed by atoms with van der Waals surface area (Å²) in [6.07, 6.45) is -1.74. The Morgan fingerprint density at radius 2 is 1.74 bits per heavy atom. The van der Waals surface area contributed by atoms with Gasteiger partial charge in [0.25, 0.3) is 0 Å². The maximum absolute atomic E-state index is 12.6. The minimum Gasteiger partial charge on any atom is -0.405 e. The van der Waals surface area contributed by atoms with Crippen molar-refractivity contribution in [1.82, 2.24) is 4.90 Å². The van der Waals surface area contributed by atoms with Gasteiger partial charge >= 0.3 is 12.4 Å². The van der Waals surface area contributed by atoms with Gasteiger partial charge in [-0.3, -0.25) is 0 Å². The fourth-order valence-corrected chi connectivity index (χ4v) is 3.30. The molecule has 1 fully saturated rings. The fraction of sp³-hybridized carbons (Fsp3) is 0.316.